The molecule has 0 aromatic heterocycles. The van der Waals surface area contributed by atoms with Gasteiger partial charge in [-0.25, -0.2) is 4.79 Å². The van der Waals surface area contributed by atoms with Crippen molar-refractivity contribution >= 4 is 23.4 Å². The number of cyclic esters (lactones) is 1. The van der Waals surface area contributed by atoms with Gasteiger partial charge in [-0.15, -0.1) is 0 Å². The molecule has 12 heteroatoms. The number of ketones is 2. The summed E-state index contributed by atoms with van der Waals surface area (Å²) < 4.78 is 18.2. The van der Waals surface area contributed by atoms with Gasteiger partial charge in [-0.05, 0) is 126 Å². The smallest absolute Gasteiger partial charge is 0.329 e. The van der Waals surface area contributed by atoms with E-state index >= 15 is 0 Å². The molecule has 3 fully saturated rings. The Morgan fingerprint density at radius 1 is 0.859 bits per heavy atom. The first kappa shape index (κ1) is 53.4. The van der Waals surface area contributed by atoms with Gasteiger partial charge in [-0.3, -0.25) is 14.4 Å². The number of allylic oxidation sites excluding steroid dienone is 6. The molecule has 12 atom stereocenters. The number of esters is 1. The Labute approximate surface area is 383 Å². The van der Waals surface area contributed by atoms with Crippen molar-refractivity contribution in [2.75, 3.05) is 13.7 Å². The minimum absolute atomic E-state index is 0.0172. The number of hydrogen-bond acceptors (Lipinski definition) is 11. The second kappa shape index (κ2) is 25.0. The summed E-state index contributed by atoms with van der Waals surface area (Å²) in [4.78, 5) is 57.4. The number of aliphatic hydroxyl groups is 4. The second-order valence-electron chi connectivity index (χ2n) is 20.0. The van der Waals surface area contributed by atoms with E-state index in [0.717, 1.165) is 30.4 Å². The van der Waals surface area contributed by atoms with Crippen molar-refractivity contribution in [2.45, 2.75) is 193 Å². The van der Waals surface area contributed by atoms with Crippen molar-refractivity contribution in [3.05, 3.63) is 59.8 Å². The highest BCUT2D eigenvalue weighted by molar-refractivity contribution is 6.39. The summed E-state index contributed by atoms with van der Waals surface area (Å²) in [5, 5.41) is 44.6. The Balaban J connectivity index is 1.64. The molecule has 4 rings (SSSR count). The summed E-state index contributed by atoms with van der Waals surface area (Å²) in [5.41, 5.74) is 2.49. The Bertz CT molecular complexity index is 1710. The molecule has 0 aromatic rings. The zero-order valence-corrected chi connectivity index (χ0v) is 40.1. The third-order valence-electron chi connectivity index (χ3n) is 14.6. The van der Waals surface area contributed by atoms with Crippen molar-refractivity contribution in [3.63, 3.8) is 0 Å². The molecule has 0 spiro atoms. The quantitative estimate of drug-likeness (QED) is 0.124. The molecule has 0 radical (unpaired) electrons. The molecule has 2 saturated heterocycles. The molecule has 4 N–H and O–H groups in total. The fraction of sp³-hybridized carbons (Fsp3) is 0.731. The lowest BCUT2D eigenvalue weighted by molar-refractivity contribution is -0.265. The largest absolute Gasteiger partial charge is 0.460 e. The molecule has 64 heavy (non-hydrogen) atoms. The second-order valence-corrected chi connectivity index (χ2v) is 20.0. The van der Waals surface area contributed by atoms with Gasteiger partial charge < -0.3 is 39.5 Å². The van der Waals surface area contributed by atoms with Crippen LogP contribution >= 0.6 is 0 Å². The van der Waals surface area contributed by atoms with Crippen LogP contribution in [0.3, 0.4) is 0 Å². The molecule has 0 aromatic carbocycles. The predicted molar refractivity (Wildman–Crippen MR) is 248 cm³/mol. The molecule has 1 amide bonds. The number of rotatable bonds is 4. The molecule has 3 aliphatic heterocycles. The molecule has 4 aliphatic rings. The van der Waals surface area contributed by atoms with E-state index in [1.165, 1.54) is 4.90 Å². The van der Waals surface area contributed by atoms with Crippen LogP contribution in [0, 0.1) is 35.5 Å². The molecule has 1 saturated carbocycles. The van der Waals surface area contributed by atoms with E-state index in [1.807, 2.05) is 38.2 Å². The number of nitrogens with zero attached hydrogens (tertiary/aromatic N) is 1. The molecule has 2 bridgehead atoms. The van der Waals surface area contributed by atoms with E-state index in [4.69, 9.17) is 14.2 Å². The summed E-state index contributed by atoms with van der Waals surface area (Å²) in [7, 11) is 1.60. The molecule has 3 heterocycles. The SMILES string of the molecule is C=C1C[C@H](O)/C(C)=C/[C@@H](C)C(=O)CC(O)C[C@@H]([C@H](C)C[C@H]2CC[C@H](O)CC2)OC(=O)[C@@H]2CCCCN2C(=O)C(=O)[C@]2(O)O[C@@H](CC[C@H]2C)C[C@H](OC)/C(C)=C/C=C/C=C/[C@@H](C)C[C@@H]1C. The number of amides is 1. The van der Waals surface area contributed by atoms with Crippen LogP contribution in [0.5, 0.6) is 0 Å². The zero-order chi connectivity index (χ0) is 47.3. The summed E-state index contributed by atoms with van der Waals surface area (Å²) in [6.45, 7) is 17.8. The van der Waals surface area contributed by atoms with E-state index in [-0.39, 0.29) is 67.5 Å². The first-order chi connectivity index (χ1) is 30.2. The highest BCUT2D eigenvalue weighted by atomic mass is 16.6. The Morgan fingerprint density at radius 3 is 2.25 bits per heavy atom. The lowest BCUT2D eigenvalue weighted by Gasteiger charge is -2.42. The first-order valence-corrected chi connectivity index (χ1v) is 24.2. The number of aliphatic hydroxyl groups excluding tert-OH is 3. The van der Waals surface area contributed by atoms with E-state index in [9.17, 15) is 39.6 Å². The van der Waals surface area contributed by atoms with E-state index in [0.29, 0.717) is 63.4 Å². The van der Waals surface area contributed by atoms with Crippen molar-refractivity contribution in [1.29, 1.82) is 0 Å². The first-order valence-electron chi connectivity index (χ1n) is 24.2. The standard InChI is InChI=1S/C52H81NO11/c1-32-15-11-10-12-16-33(2)47(62-9)31-43-23-18-39(8)52(61,64-43)49(58)50(59)53-24-14-13-17-44(53)51(60)63-48(38(7)27-40-19-21-41(54)22-20-40)30-42(55)29-46(57)37(6)26-36(5)45(56)28-35(4)34(3)25-32/h10-12,15-16,26,32,34,37-45,47-48,54-56,61H,4,13-14,17-25,27-31H2,1-3,5-9H3/b12-10+,15-11+,33-16+,36-26+/t32-,34+,37-,38-,39-,40-,41-,42?,43+,44+,45+,47+,48+,52-/m1/s1. The van der Waals surface area contributed by atoms with Crippen LogP contribution in [0.4, 0.5) is 0 Å². The van der Waals surface area contributed by atoms with Crippen molar-refractivity contribution in [3.8, 4) is 0 Å². The van der Waals surface area contributed by atoms with Crippen LogP contribution in [-0.4, -0.2) is 111 Å². The number of ether oxygens (including phenoxy) is 3. The van der Waals surface area contributed by atoms with Gasteiger partial charge in [0, 0.05) is 44.8 Å². The Morgan fingerprint density at radius 2 is 1.56 bits per heavy atom. The number of piperidine rings is 1. The van der Waals surface area contributed by atoms with E-state index in [1.54, 1.807) is 34.0 Å². The number of hydrogen-bond donors (Lipinski definition) is 4. The molecule has 360 valence electrons. The highest BCUT2D eigenvalue weighted by Gasteiger charge is 2.53. The average Bonchev–Trinajstić information content (AvgIpc) is 3.25. The maximum Gasteiger partial charge on any atom is 0.329 e. The fourth-order valence-corrected chi connectivity index (χ4v) is 10.0. The number of fused-ring (bicyclic) bond motifs is 3. The number of carbonyl (C=O) groups is 4. The number of Topliss-reactive ketones (excluding diaryl/α,β-unsaturated/α-hetero) is 2. The van der Waals surface area contributed by atoms with Gasteiger partial charge in [0.2, 0.25) is 5.79 Å². The van der Waals surface area contributed by atoms with Crippen LogP contribution < -0.4 is 0 Å². The van der Waals surface area contributed by atoms with Gasteiger partial charge in [0.1, 0.15) is 17.9 Å². The average molecular weight is 896 g/mol. The van der Waals surface area contributed by atoms with Gasteiger partial charge in [0.25, 0.3) is 11.7 Å². The molecule has 12 nitrogen and oxygen atoms in total. The van der Waals surface area contributed by atoms with Crippen molar-refractivity contribution in [1.82, 2.24) is 4.90 Å². The summed E-state index contributed by atoms with van der Waals surface area (Å²) >= 11 is 0. The third-order valence-corrected chi connectivity index (χ3v) is 14.6. The van der Waals surface area contributed by atoms with Crippen LogP contribution in [0.2, 0.25) is 0 Å². The van der Waals surface area contributed by atoms with Crippen molar-refractivity contribution < 1.29 is 53.8 Å². The third kappa shape index (κ3) is 15.1. The molecule has 1 unspecified atom stereocenters. The highest BCUT2D eigenvalue weighted by Crippen LogP contribution is 2.37. The lowest BCUT2D eigenvalue weighted by atomic mass is 9.80. The lowest BCUT2D eigenvalue weighted by Crippen LogP contribution is -2.61. The fourth-order valence-electron chi connectivity index (χ4n) is 10.0. The van der Waals surface area contributed by atoms with Gasteiger partial charge in [-0.2, -0.15) is 0 Å². The minimum atomic E-state index is -2.41. The van der Waals surface area contributed by atoms with Crippen LogP contribution in [-0.2, 0) is 33.4 Å². The van der Waals surface area contributed by atoms with Gasteiger partial charge >= 0.3 is 5.97 Å². The van der Waals surface area contributed by atoms with E-state index < -0.39 is 65.7 Å². The maximum atomic E-state index is 14.3. The zero-order valence-electron chi connectivity index (χ0n) is 40.1. The van der Waals surface area contributed by atoms with Crippen LogP contribution in [0.1, 0.15) is 145 Å². The van der Waals surface area contributed by atoms with Gasteiger partial charge in [0.05, 0.1) is 30.5 Å². The topological polar surface area (TPSA) is 180 Å². The van der Waals surface area contributed by atoms with Gasteiger partial charge in [-0.1, -0.05) is 83.2 Å². The summed E-state index contributed by atoms with van der Waals surface area (Å²) in [6.07, 6.45) is 15.0. The Kier molecular flexibility index (Phi) is 20.9. The summed E-state index contributed by atoms with van der Waals surface area (Å²) in [6, 6.07) is -1.10. The van der Waals surface area contributed by atoms with Crippen LogP contribution in [0.25, 0.3) is 0 Å². The minimum Gasteiger partial charge on any atom is -0.460 e. The normalized spacial score (nSPS) is 40.1. The predicted octanol–water partition coefficient (Wildman–Crippen LogP) is 7.67. The molecule has 1 aliphatic carbocycles. The summed E-state index contributed by atoms with van der Waals surface area (Å²) in [5.74, 6) is -6.30. The molecular formula is C52H81NO11. The molecular weight excluding hydrogens is 815 g/mol. The van der Waals surface area contributed by atoms with Gasteiger partial charge in [0.15, 0.2) is 0 Å². The Hall–Kier alpha value is -3.26. The monoisotopic (exact) mass is 896 g/mol. The van der Waals surface area contributed by atoms with Crippen LogP contribution in [0.15, 0.2) is 59.8 Å². The van der Waals surface area contributed by atoms with Crippen molar-refractivity contribution in [2.24, 2.45) is 35.5 Å². The van der Waals surface area contributed by atoms with E-state index in [2.05, 4.69) is 26.5 Å². The maximum absolute atomic E-state index is 14.3. The number of methoxy groups -OCH3 is 1. The number of carbonyl (C=O) groups excluding carboxylic acids is 4.